The number of hydrogen-bond acceptors (Lipinski definition) is 1. The molecule has 0 atom stereocenters. The fourth-order valence-corrected chi connectivity index (χ4v) is 1.81. The maximum absolute atomic E-state index is 13.9. The Balaban J connectivity index is 2.75. The van der Waals surface area contributed by atoms with Crippen LogP contribution in [0.15, 0.2) is 36.4 Å². The van der Waals surface area contributed by atoms with E-state index in [4.69, 9.17) is 11.2 Å². The summed E-state index contributed by atoms with van der Waals surface area (Å²) >= 11 is 0. The van der Waals surface area contributed by atoms with Gasteiger partial charge in [0.05, 0.1) is 7.11 Å². The Morgan fingerprint density at radius 3 is 2.56 bits per heavy atom. The molecule has 0 amide bonds. The lowest BCUT2D eigenvalue weighted by Crippen LogP contribution is -1.95. The summed E-state index contributed by atoms with van der Waals surface area (Å²) in [7, 11) is 1.48. The lowest BCUT2D eigenvalue weighted by molar-refractivity contribution is 0.416. The number of methoxy groups -OCH3 is 1. The van der Waals surface area contributed by atoms with Gasteiger partial charge >= 0.3 is 0 Å². The minimum atomic E-state index is -0.701. The van der Waals surface area contributed by atoms with Crippen LogP contribution in [0, 0.1) is 24.0 Å². The maximum atomic E-state index is 13.9. The maximum Gasteiger partial charge on any atom is 0.135 e. The van der Waals surface area contributed by atoms with Crippen LogP contribution in [0.5, 0.6) is 5.75 Å². The van der Waals surface area contributed by atoms with Crippen molar-refractivity contribution in [3.05, 3.63) is 53.6 Å². The van der Waals surface area contributed by atoms with Crippen molar-refractivity contribution < 1.29 is 13.5 Å². The SMILES string of the molecule is C#Cc1cc(F)cc(F)c1-c1ccccc1OC. The molecule has 1 nitrogen and oxygen atoms in total. The molecule has 3 heteroatoms. The molecule has 2 aromatic rings. The van der Waals surface area contributed by atoms with Crippen LogP contribution >= 0.6 is 0 Å². The van der Waals surface area contributed by atoms with Crippen LogP contribution < -0.4 is 4.74 Å². The Morgan fingerprint density at radius 1 is 1.17 bits per heavy atom. The first-order valence-corrected chi connectivity index (χ1v) is 5.26. The van der Waals surface area contributed by atoms with Crippen LogP contribution in [-0.2, 0) is 0 Å². The van der Waals surface area contributed by atoms with Crippen LogP contribution in [0.4, 0.5) is 8.78 Å². The zero-order valence-corrected chi connectivity index (χ0v) is 9.71. The molecule has 0 heterocycles. The molecule has 0 bridgehead atoms. The van der Waals surface area contributed by atoms with Crippen LogP contribution in [0.1, 0.15) is 5.56 Å². The van der Waals surface area contributed by atoms with Gasteiger partial charge in [-0.2, -0.15) is 0 Å². The molecule has 18 heavy (non-hydrogen) atoms. The van der Waals surface area contributed by atoms with E-state index in [1.54, 1.807) is 24.3 Å². The van der Waals surface area contributed by atoms with Gasteiger partial charge in [-0.25, -0.2) is 8.78 Å². The molecule has 0 aliphatic carbocycles. The smallest absolute Gasteiger partial charge is 0.135 e. The summed E-state index contributed by atoms with van der Waals surface area (Å²) in [6.07, 6.45) is 5.29. The van der Waals surface area contributed by atoms with E-state index in [1.165, 1.54) is 7.11 Å². The highest BCUT2D eigenvalue weighted by atomic mass is 19.1. The quantitative estimate of drug-likeness (QED) is 0.733. The number of rotatable bonds is 2. The molecule has 0 unspecified atom stereocenters. The Bertz CT molecular complexity index is 627. The summed E-state index contributed by atoms with van der Waals surface area (Å²) in [6, 6.07) is 8.81. The van der Waals surface area contributed by atoms with Crippen LogP contribution in [0.25, 0.3) is 11.1 Å². The monoisotopic (exact) mass is 244 g/mol. The lowest BCUT2D eigenvalue weighted by atomic mass is 9.98. The number of benzene rings is 2. The minimum absolute atomic E-state index is 0.164. The van der Waals surface area contributed by atoms with Gasteiger partial charge in [-0.15, -0.1) is 6.42 Å². The summed E-state index contributed by atoms with van der Waals surface area (Å²) < 4.78 is 32.2. The van der Waals surface area contributed by atoms with E-state index >= 15 is 0 Å². The Kier molecular flexibility index (Phi) is 3.29. The predicted molar refractivity (Wildman–Crippen MR) is 66.3 cm³/mol. The average Bonchev–Trinajstić information content (AvgIpc) is 2.38. The lowest BCUT2D eigenvalue weighted by Gasteiger charge is -2.11. The van der Waals surface area contributed by atoms with E-state index in [0.29, 0.717) is 11.3 Å². The molecule has 0 aliphatic heterocycles. The zero-order chi connectivity index (χ0) is 13.1. The first kappa shape index (κ1) is 12.1. The van der Waals surface area contributed by atoms with Gasteiger partial charge in [0.1, 0.15) is 17.4 Å². The van der Waals surface area contributed by atoms with E-state index in [-0.39, 0.29) is 11.1 Å². The summed E-state index contributed by atoms with van der Waals surface area (Å²) in [5.41, 5.74) is 0.846. The molecule has 0 fully saturated rings. The van der Waals surface area contributed by atoms with Gasteiger partial charge in [-0.1, -0.05) is 24.1 Å². The Morgan fingerprint density at radius 2 is 1.89 bits per heavy atom. The molecular formula is C15H10F2O. The van der Waals surface area contributed by atoms with E-state index in [2.05, 4.69) is 5.92 Å². The third-order valence-corrected chi connectivity index (χ3v) is 2.59. The van der Waals surface area contributed by atoms with Gasteiger partial charge in [0, 0.05) is 22.8 Å². The van der Waals surface area contributed by atoms with Crippen molar-refractivity contribution in [2.24, 2.45) is 0 Å². The zero-order valence-electron chi connectivity index (χ0n) is 9.71. The largest absolute Gasteiger partial charge is 0.496 e. The molecule has 0 radical (unpaired) electrons. The highest BCUT2D eigenvalue weighted by Crippen LogP contribution is 2.34. The first-order chi connectivity index (χ1) is 8.67. The van der Waals surface area contributed by atoms with E-state index in [9.17, 15) is 8.78 Å². The van der Waals surface area contributed by atoms with Crippen LogP contribution in [0.2, 0.25) is 0 Å². The summed E-state index contributed by atoms with van der Waals surface area (Å²) in [6.45, 7) is 0. The molecule has 0 aliphatic rings. The van der Waals surface area contributed by atoms with Gasteiger partial charge in [-0.05, 0) is 12.1 Å². The summed E-state index contributed by atoms with van der Waals surface area (Å²) in [5.74, 6) is 1.38. The fourth-order valence-electron chi connectivity index (χ4n) is 1.81. The molecule has 0 saturated heterocycles. The third-order valence-electron chi connectivity index (χ3n) is 2.59. The Hall–Kier alpha value is -2.34. The number of halogens is 2. The average molecular weight is 244 g/mol. The molecule has 0 spiro atoms. The van der Waals surface area contributed by atoms with Crippen molar-refractivity contribution in [1.82, 2.24) is 0 Å². The molecule has 2 rings (SSSR count). The number of terminal acetylenes is 1. The number of hydrogen-bond donors (Lipinski definition) is 0. The van der Waals surface area contributed by atoms with Gasteiger partial charge < -0.3 is 4.74 Å². The molecule has 0 N–H and O–H groups in total. The van der Waals surface area contributed by atoms with Gasteiger partial charge in [0.2, 0.25) is 0 Å². The molecule has 90 valence electrons. The van der Waals surface area contributed by atoms with Crippen LogP contribution in [0.3, 0.4) is 0 Å². The summed E-state index contributed by atoms with van der Waals surface area (Å²) in [4.78, 5) is 0. The second-order valence-corrected chi connectivity index (χ2v) is 3.65. The number of ether oxygens (including phenoxy) is 1. The van der Waals surface area contributed by atoms with Crippen molar-refractivity contribution in [2.75, 3.05) is 7.11 Å². The van der Waals surface area contributed by atoms with Crippen molar-refractivity contribution in [2.45, 2.75) is 0 Å². The highest BCUT2D eigenvalue weighted by Gasteiger charge is 2.15. The highest BCUT2D eigenvalue weighted by molar-refractivity contribution is 5.76. The van der Waals surface area contributed by atoms with Crippen molar-refractivity contribution in [3.63, 3.8) is 0 Å². The Labute approximate surface area is 104 Å². The van der Waals surface area contributed by atoms with Crippen molar-refractivity contribution in [1.29, 1.82) is 0 Å². The second-order valence-electron chi connectivity index (χ2n) is 3.65. The molecule has 0 saturated carbocycles. The van der Waals surface area contributed by atoms with Crippen LogP contribution in [-0.4, -0.2) is 7.11 Å². The fraction of sp³-hybridized carbons (Fsp3) is 0.0667. The third kappa shape index (κ3) is 2.05. The van der Waals surface area contributed by atoms with Crippen molar-refractivity contribution in [3.8, 4) is 29.2 Å². The van der Waals surface area contributed by atoms with E-state index in [1.807, 2.05) is 0 Å². The van der Waals surface area contributed by atoms with Gasteiger partial charge in [0.15, 0.2) is 0 Å². The number of para-hydroxylation sites is 1. The molecule has 0 aromatic heterocycles. The summed E-state index contributed by atoms with van der Waals surface area (Å²) in [5, 5.41) is 0. The van der Waals surface area contributed by atoms with E-state index in [0.717, 1.165) is 12.1 Å². The van der Waals surface area contributed by atoms with Crippen molar-refractivity contribution >= 4 is 0 Å². The molecule has 2 aromatic carbocycles. The first-order valence-electron chi connectivity index (χ1n) is 5.26. The normalized spacial score (nSPS) is 9.89. The second kappa shape index (κ2) is 4.89. The predicted octanol–water partition coefficient (Wildman–Crippen LogP) is 3.62. The molecular weight excluding hydrogens is 234 g/mol. The topological polar surface area (TPSA) is 9.23 Å². The standard InChI is InChI=1S/C15H10F2O/c1-3-10-8-11(16)9-13(17)15(10)12-6-4-5-7-14(12)18-2/h1,4-9H,2H3. The van der Waals surface area contributed by atoms with Gasteiger partial charge in [0.25, 0.3) is 0 Å². The van der Waals surface area contributed by atoms with Gasteiger partial charge in [-0.3, -0.25) is 0 Å². The van der Waals surface area contributed by atoms with E-state index < -0.39 is 11.6 Å². The minimum Gasteiger partial charge on any atom is -0.496 e.